The predicted molar refractivity (Wildman–Crippen MR) is 136 cm³/mol. The molecule has 2 aromatic heterocycles. The van der Waals surface area contributed by atoms with Gasteiger partial charge in [-0.25, -0.2) is 22.8 Å². The third-order valence-electron chi connectivity index (χ3n) is 5.26. The minimum Gasteiger partial charge on any atom is -0.495 e. The zero-order chi connectivity index (χ0) is 26.6. The predicted octanol–water partition coefficient (Wildman–Crippen LogP) is 4.73. The number of hydrogen-bond acceptors (Lipinski definition) is 8. The number of nitrogens with zero attached hydrogens (tertiary/aromatic N) is 3. The Morgan fingerprint density at radius 3 is 2.54 bits per heavy atom. The highest BCUT2D eigenvalue weighted by atomic mass is 35.5. The van der Waals surface area contributed by atoms with E-state index in [1.54, 1.807) is 41.3 Å². The molecule has 12 heteroatoms. The van der Waals surface area contributed by atoms with E-state index in [-0.39, 0.29) is 35.3 Å². The largest absolute Gasteiger partial charge is 0.495 e. The summed E-state index contributed by atoms with van der Waals surface area (Å²) in [5.41, 5.74) is 1.13. The molecule has 2 aromatic carbocycles. The van der Waals surface area contributed by atoms with E-state index in [4.69, 9.17) is 20.8 Å². The van der Waals surface area contributed by atoms with Crippen LogP contribution in [0, 0.1) is 5.82 Å². The van der Waals surface area contributed by atoms with E-state index in [1.165, 1.54) is 37.8 Å². The third-order valence-corrected chi connectivity index (χ3v) is 6.41. The van der Waals surface area contributed by atoms with Crippen molar-refractivity contribution in [2.24, 2.45) is 0 Å². The van der Waals surface area contributed by atoms with Crippen LogP contribution < -0.4 is 15.0 Å². The number of aromatic nitrogens is 2. The number of hydrogen-bond donors (Lipinski definition) is 1. The van der Waals surface area contributed by atoms with Gasteiger partial charge in [0.2, 0.25) is 15.0 Å². The van der Waals surface area contributed by atoms with Crippen molar-refractivity contribution >= 4 is 38.7 Å². The Bertz CT molecular complexity index is 1510. The molecule has 4 aromatic rings. The van der Waals surface area contributed by atoms with Gasteiger partial charge in [-0.2, -0.15) is 0 Å². The summed E-state index contributed by atoms with van der Waals surface area (Å²) in [6.07, 6.45) is 3.73. The lowest BCUT2D eigenvalue weighted by Crippen LogP contribution is -2.27. The van der Waals surface area contributed by atoms with Crippen LogP contribution in [0.1, 0.15) is 21.8 Å². The number of furan rings is 1. The Hall–Kier alpha value is -3.96. The molecule has 0 aliphatic carbocycles. The van der Waals surface area contributed by atoms with E-state index in [0.29, 0.717) is 17.2 Å². The monoisotopic (exact) mass is 544 g/mol. The standard InChI is InChI=1S/C25H22ClFN4O5S/c1-35-22-10-9-18(12-20(22)26)29-24(32)23-21(13-28-25(30-23)37(2,33)34)31(15-19-4-3-11-36-19)14-16-5-7-17(27)8-6-16/h3-13H,14-15H2,1-2H3,(H,29,32). The highest BCUT2D eigenvalue weighted by Crippen LogP contribution is 2.29. The number of ether oxygens (including phenoxy) is 1. The fourth-order valence-electron chi connectivity index (χ4n) is 3.50. The van der Waals surface area contributed by atoms with Crippen molar-refractivity contribution in [1.29, 1.82) is 0 Å². The maximum atomic E-state index is 13.5. The first-order valence-electron chi connectivity index (χ1n) is 10.9. The first kappa shape index (κ1) is 26.1. The summed E-state index contributed by atoms with van der Waals surface area (Å²) in [4.78, 5) is 23.2. The topological polar surface area (TPSA) is 115 Å². The molecular formula is C25H22ClFN4O5S. The van der Waals surface area contributed by atoms with E-state index >= 15 is 0 Å². The van der Waals surface area contributed by atoms with Crippen molar-refractivity contribution in [3.05, 3.63) is 94.9 Å². The number of nitrogens with one attached hydrogen (secondary N) is 1. The first-order valence-corrected chi connectivity index (χ1v) is 13.1. The summed E-state index contributed by atoms with van der Waals surface area (Å²) < 4.78 is 48.5. The highest BCUT2D eigenvalue weighted by Gasteiger charge is 2.24. The van der Waals surface area contributed by atoms with Crippen molar-refractivity contribution < 1.29 is 26.8 Å². The molecule has 0 aliphatic rings. The van der Waals surface area contributed by atoms with E-state index in [1.807, 2.05) is 0 Å². The maximum absolute atomic E-state index is 13.5. The van der Waals surface area contributed by atoms with Crippen molar-refractivity contribution in [2.45, 2.75) is 18.2 Å². The summed E-state index contributed by atoms with van der Waals surface area (Å²) in [7, 11) is -2.36. The van der Waals surface area contributed by atoms with Crippen LogP contribution in [0.2, 0.25) is 5.02 Å². The molecule has 0 unspecified atom stereocenters. The lowest BCUT2D eigenvalue weighted by Gasteiger charge is -2.25. The SMILES string of the molecule is COc1ccc(NC(=O)c2nc(S(C)(=O)=O)ncc2N(Cc2ccc(F)cc2)Cc2ccco2)cc1Cl. The molecule has 4 rings (SSSR count). The van der Waals surface area contributed by atoms with Gasteiger partial charge in [-0.05, 0) is 48.0 Å². The van der Waals surface area contributed by atoms with Crippen LogP contribution >= 0.6 is 11.6 Å². The number of rotatable bonds is 9. The Balaban J connectivity index is 1.77. The van der Waals surface area contributed by atoms with E-state index in [9.17, 15) is 17.6 Å². The number of carbonyl (C=O) groups excluding carboxylic acids is 1. The van der Waals surface area contributed by atoms with Gasteiger partial charge in [-0.15, -0.1) is 0 Å². The fourth-order valence-corrected chi connectivity index (χ4v) is 4.26. The molecule has 2 heterocycles. The lowest BCUT2D eigenvalue weighted by molar-refractivity contribution is 0.102. The van der Waals surface area contributed by atoms with Gasteiger partial charge in [0.05, 0.1) is 36.8 Å². The second-order valence-corrected chi connectivity index (χ2v) is 10.3. The summed E-state index contributed by atoms with van der Waals surface area (Å²) >= 11 is 6.18. The minimum atomic E-state index is -3.82. The van der Waals surface area contributed by atoms with Crippen LogP contribution in [-0.2, 0) is 22.9 Å². The van der Waals surface area contributed by atoms with Gasteiger partial charge in [0.1, 0.15) is 17.3 Å². The molecule has 9 nitrogen and oxygen atoms in total. The number of benzene rings is 2. The molecule has 0 aliphatic heterocycles. The van der Waals surface area contributed by atoms with Gasteiger partial charge in [0.15, 0.2) is 5.69 Å². The Morgan fingerprint density at radius 2 is 1.92 bits per heavy atom. The number of anilines is 2. The normalized spacial score (nSPS) is 11.2. The van der Waals surface area contributed by atoms with Crippen LogP contribution in [0.4, 0.5) is 15.8 Å². The van der Waals surface area contributed by atoms with Crippen molar-refractivity contribution in [1.82, 2.24) is 9.97 Å². The van der Waals surface area contributed by atoms with Gasteiger partial charge in [-0.3, -0.25) is 4.79 Å². The zero-order valence-electron chi connectivity index (χ0n) is 19.8. The molecule has 0 spiro atoms. The third kappa shape index (κ3) is 6.43. The van der Waals surface area contributed by atoms with Crippen LogP contribution in [-0.4, -0.2) is 37.7 Å². The highest BCUT2D eigenvalue weighted by molar-refractivity contribution is 7.90. The van der Waals surface area contributed by atoms with Gasteiger partial charge in [-0.1, -0.05) is 23.7 Å². The van der Waals surface area contributed by atoms with Crippen molar-refractivity contribution in [3.63, 3.8) is 0 Å². The van der Waals surface area contributed by atoms with Crippen molar-refractivity contribution in [2.75, 3.05) is 23.6 Å². The minimum absolute atomic E-state index is 0.184. The van der Waals surface area contributed by atoms with Crippen LogP contribution in [0.15, 0.2) is 76.6 Å². The molecule has 0 fully saturated rings. The van der Waals surface area contributed by atoms with Crippen molar-refractivity contribution in [3.8, 4) is 5.75 Å². The second kappa shape index (κ2) is 11.0. The smallest absolute Gasteiger partial charge is 0.276 e. The summed E-state index contributed by atoms with van der Waals surface area (Å²) in [5.74, 6) is -0.0826. The number of sulfone groups is 1. The number of halogens is 2. The lowest BCUT2D eigenvalue weighted by atomic mass is 10.1. The molecule has 0 saturated heterocycles. The number of amides is 1. The zero-order valence-corrected chi connectivity index (χ0v) is 21.4. The molecule has 192 valence electrons. The van der Waals surface area contributed by atoms with Gasteiger partial charge in [0, 0.05) is 18.5 Å². The Morgan fingerprint density at radius 1 is 1.16 bits per heavy atom. The van der Waals surface area contributed by atoms with Crippen LogP contribution in [0.25, 0.3) is 0 Å². The van der Waals surface area contributed by atoms with Crippen LogP contribution in [0.3, 0.4) is 0 Å². The fraction of sp³-hybridized carbons (Fsp3) is 0.160. The summed E-state index contributed by atoms with van der Waals surface area (Å²) in [6, 6.07) is 14.0. The van der Waals surface area contributed by atoms with Gasteiger partial charge >= 0.3 is 0 Å². The molecule has 1 amide bonds. The molecule has 0 saturated carbocycles. The molecule has 0 atom stereocenters. The molecule has 0 radical (unpaired) electrons. The Labute approximate surface area is 217 Å². The molecular weight excluding hydrogens is 523 g/mol. The van der Waals surface area contributed by atoms with E-state index < -0.39 is 20.9 Å². The number of carbonyl (C=O) groups is 1. The maximum Gasteiger partial charge on any atom is 0.276 e. The average Bonchev–Trinajstić information content (AvgIpc) is 3.37. The molecule has 0 bridgehead atoms. The second-order valence-electron chi connectivity index (χ2n) is 8.02. The van der Waals surface area contributed by atoms with Gasteiger partial charge in [0.25, 0.3) is 5.91 Å². The van der Waals surface area contributed by atoms with Gasteiger partial charge < -0.3 is 19.4 Å². The average molecular weight is 545 g/mol. The summed E-state index contributed by atoms with van der Waals surface area (Å²) in [5, 5.41) is 2.46. The number of methoxy groups -OCH3 is 1. The quantitative estimate of drug-likeness (QED) is 0.301. The summed E-state index contributed by atoms with van der Waals surface area (Å²) in [6.45, 7) is 0.414. The van der Waals surface area contributed by atoms with E-state index in [0.717, 1.165) is 11.8 Å². The Kier molecular flexibility index (Phi) is 7.74. The van der Waals surface area contributed by atoms with Crippen LogP contribution in [0.5, 0.6) is 5.75 Å². The molecule has 1 N–H and O–H groups in total. The van der Waals surface area contributed by atoms with E-state index in [2.05, 4.69) is 15.3 Å². The first-order chi connectivity index (χ1) is 17.6. The molecule has 37 heavy (non-hydrogen) atoms.